The molecular weight excluding hydrogens is 246 g/mol. The van der Waals surface area contributed by atoms with Gasteiger partial charge in [0.25, 0.3) is 0 Å². The topological polar surface area (TPSA) is 75.6 Å². The first-order valence-corrected chi connectivity index (χ1v) is 6.67. The number of aliphatic hydroxyl groups is 1. The predicted molar refractivity (Wildman–Crippen MR) is 73.8 cm³/mol. The van der Waals surface area contributed by atoms with E-state index in [1.807, 2.05) is 13.8 Å². The van der Waals surface area contributed by atoms with Gasteiger partial charge in [0.2, 0.25) is 0 Å². The number of carbonyl (C=O) groups excluding carboxylic acids is 2. The third-order valence-corrected chi connectivity index (χ3v) is 2.52. The molecule has 0 aliphatic heterocycles. The Labute approximate surface area is 115 Å². The minimum Gasteiger partial charge on any atom is -0.458 e. The van der Waals surface area contributed by atoms with Crippen LogP contribution in [0.3, 0.4) is 0 Å². The Morgan fingerprint density at radius 3 is 2.16 bits per heavy atom. The maximum absolute atomic E-state index is 12.0. The van der Waals surface area contributed by atoms with E-state index in [1.165, 1.54) is 0 Å². The Bertz CT molecular complexity index is 307. The molecule has 2 atom stereocenters. The molecule has 0 aliphatic carbocycles. The number of ketones is 1. The van der Waals surface area contributed by atoms with E-state index in [2.05, 4.69) is 5.32 Å². The molecule has 0 amide bonds. The fourth-order valence-corrected chi connectivity index (χ4v) is 1.67. The van der Waals surface area contributed by atoms with Gasteiger partial charge >= 0.3 is 5.97 Å². The second kappa shape index (κ2) is 7.60. The van der Waals surface area contributed by atoms with Crippen LogP contribution in [0.15, 0.2) is 0 Å². The Balaban J connectivity index is 4.41. The van der Waals surface area contributed by atoms with Gasteiger partial charge in [-0.15, -0.1) is 0 Å². The van der Waals surface area contributed by atoms with E-state index in [0.29, 0.717) is 12.3 Å². The van der Waals surface area contributed by atoms with Gasteiger partial charge in [0.15, 0.2) is 11.9 Å². The summed E-state index contributed by atoms with van der Waals surface area (Å²) in [4.78, 5) is 23.5. The fraction of sp³-hybridized carbons (Fsp3) is 0.857. The molecule has 0 fully saturated rings. The zero-order valence-corrected chi connectivity index (χ0v) is 12.8. The van der Waals surface area contributed by atoms with Gasteiger partial charge in [-0.2, -0.15) is 0 Å². The smallest absolute Gasteiger partial charge is 0.335 e. The summed E-state index contributed by atoms with van der Waals surface area (Å²) in [5.74, 6) is -0.560. The van der Waals surface area contributed by atoms with Crippen LogP contribution in [0.25, 0.3) is 0 Å². The molecule has 5 nitrogen and oxygen atoms in total. The van der Waals surface area contributed by atoms with Crippen molar-refractivity contribution >= 4 is 11.8 Å². The summed E-state index contributed by atoms with van der Waals surface area (Å²) in [6, 6.07) is -0.336. The van der Waals surface area contributed by atoms with E-state index >= 15 is 0 Å². The van der Waals surface area contributed by atoms with Crippen LogP contribution < -0.4 is 5.32 Å². The van der Waals surface area contributed by atoms with Crippen LogP contribution in [-0.4, -0.2) is 41.7 Å². The van der Waals surface area contributed by atoms with Crippen LogP contribution in [0, 0.1) is 5.92 Å². The number of esters is 1. The molecule has 0 radical (unpaired) electrons. The Hall–Kier alpha value is -0.940. The quantitative estimate of drug-likeness (QED) is 0.683. The van der Waals surface area contributed by atoms with Crippen molar-refractivity contribution in [3.8, 4) is 0 Å². The maximum atomic E-state index is 12.0. The monoisotopic (exact) mass is 273 g/mol. The SMILES string of the molecule is CN[C@@H](CC(C)C)C(=O)CC(O)C(=O)OC(C)(C)C. The lowest BCUT2D eigenvalue weighted by molar-refractivity contribution is -0.166. The van der Waals surface area contributed by atoms with Crippen molar-refractivity contribution in [3.05, 3.63) is 0 Å². The van der Waals surface area contributed by atoms with Crippen LogP contribution in [0.4, 0.5) is 0 Å². The van der Waals surface area contributed by atoms with Crippen LogP contribution in [0.2, 0.25) is 0 Å². The van der Waals surface area contributed by atoms with E-state index in [-0.39, 0.29) is 18.2 Å². The third-order valence-electron chi connectivity index (χ3n) is 2.52. The molecule has 0 aromatic heterocycles. The average Bonchev–Trinajstić information content (AvgIpc) is 2.22. The molecule has 0 saturated heterocycles. The van der Waals surface area contributed by atoms with Crippen LogP contribution in [0.1, 0.15) is 47.5 Å². The van der Waals surface area contributed by atoms with Crippen molar-refractivity contribution in [2.75, 3.05) is 7.05 Å². The highest BCUT2D eigenvalue weighted by atomic mass is 16.6. The van der Waals surface area contributed by atoms with Gasteiger partial charge in [-0.1, -0.05) is 13.8 Å². The number of hydrogen-bond acceptors (Lipinski definition) is 5. The number of ether oxygens (including phenoxy) is 1. The summed E-state index contributed by atoms with van der Waals surface area (Å²) in [6.07, 6.45) is -0.932. The number of hydrogen-bond donors (Lipinski definition) is 2. The third kappa shape index (κ3) is 7.95. The average molecular weight is 273 g/mol. The molecular formula is C14H27NO4. The van der Waals surface area contributed by atoms with Gasteiger partial charge in [0.05, 0.1) is 6.04 Å². The molecule has 1 unspecified atom stereocenters. The molecule has 2 N–H and O–H groups in total. The molecule has 0 heterocycles. The van der Waals surface area contributed by atoms with Crippen LogP contribution in [0.5, 0.6) is 0 Å². The Morgan fingerprint density at radius 2 is 1.79 bits per heavy atom. The normalized spacial score (nSPS) is 15.2. The first-order valence-electron chi connectivity index (χ1n) is 6.67. The number of likely N-dealkylation sites (N-methyl/N-ethyl adjacent to an activating group) is 1. The molecule has 0 saturated carbocycles. The van der Waals surface area contributed by atoms with E-state index < -0.39 is 17.7 Å². The lowest BCUT2D eigenvalue weighted by atomic mass is 9.97. The molecule has 19 heavy (non-hydrogen) atoms. The molecule has 0 rings (SSSR count). The lowest BCUT2D eigenvalue weighted by Crippen LogP contribution is -2.40. The first kappa shape index (κ1) is 18.1. The van der Waals surface area contributed by atoms with Gasteiger partial charge in [0.1, 0.15) is 5.60 Å². The number of aliphatic hydroxyl groups excluding tert-OH is 1. The summed E-state index contributed by atoms with van der Waals surface area (Å²) in [5, 5.41) is 12.6. The van der Waals surface area contributed by atoms with Crippen molar-refractivity contribution < 1.29 is 19.4 Å². The molecule has 5 heteroatoms. The molecule has 0 bridgehead atoms. The minimum absolute atomic E-state index is 0.172. The Kier molecular flexibility index (Phi) is 7.23. The van der Waals surface area contributed by atoms with Crippen molar-refractivity contribution in [2.24, 2.45) is 5.92 Å². The number of Topliss-reactive ketones (excluding diaryl/α,β-unsaturated/α-hetero) is 1. The van der Waals surface area contributed by atoms with Crippen molar-refractivity contribution in [1.29, 1.82) is 0 Å². The molecule has 0 spiro atoms. The fourth-order valence-electron chi connectivity index (χ4n) is 1.67. The largest absolute Gasteiger partial charge is 0.458 e. The molecule has 0 aromatic rings. The minimum atomic E-state index is -1.39. The van der Waals surface area contributed by atoms with Gasteiger partial charge in [-0.25, -0.2) is 4.79 Å². The van der Waals surface area contributed by atoms with Crippen LogP contribution in [-0.2, 0) is 14.3 Å². The number of rotatable bonds is 7. The van der Waals surface area contributed by atoms with E-state index in [1.54, 1.807) is 27.8 Å². The van der Waals surface area contributed by atoms with Gasteiger partial charge < -0.3 is 15.2 Å². The zero-order valence-electron chi connectivity index (χ0n) is 12.8. The second-order valence-corrected chi connectivity index (χ2v) is 6.19. The number of nitrogens with one attached hydrogen (secondary N) is 1. The Morgan fingerprint density at radius 1 is 1.26 bits per heavy atom. The molecule has 0 aromatic carbocycles. The van der Waals surface area contributed by atoms with Crippen molar-refractivity contribution in [3.63, 3.8) is 0 Å². The van der Waals surface area contributed by atoms with Crippen molar-refractivity contribution in [2.45, 2.75) is 65.2 Å². The highest BCUT2D eigenvalue weighted by molar-refractivity contribution is 5.89. The summed E-state index contributed by atoms with van der Waals surface area (Å²) in [7, 11) is 1.70. The lowest BCUT2D eigenvalue weighted by Gasteiger charge is -2.22. The summed E-state index contributed by atoms with van der Waals surface area (Å²) >= 11 is 0. The van der Waals surface area contributed by atoms with Gasteiger partial charge in [-0.3, -0.25) is 4.79 Å². The number of carbonyl (C=O) groups is 2. The van der Waals surface area contributed by atoms with Crippen LogP contribution >= 0.6 is 0 Å². The summed E-state index contributed by atoms with van der Waals surface area (Å²) in [6.45, 7) is 9.18. The summed E-state index contributed by atoms with van der Waals surface area (Å²) in [5.41, 5.74) is -0.665. The molecule has 112 valence electrons. The first-order chi connectivity index (χ1) is 8.56. The zero-order chi connectivity index (χ0) is 15.2. The predicted octanol–water partition coefficient (Wildman–Crippen LogP) is 1.28. The molecule has 0 aliphatic rings. The standard InChI is InChI=1S/C14H27NO4/c1-9(2)7-10(15-6)11(16)8-12(17)13(18)19-14(3,4)5/h9-10,12,15,17H,7-8H2,1-6H3/t10-,12?/m0/s1. The van der Waals surface area contributed by atoms with E-state index in [4.69, 9.17) is 4.74 Å². The van der Waals surface area contributed by atoms with E-state index in [9.17, 15) is 14.7 Å². The highest BCUT2D eigenvalue weighted by Crippen LogP contribution is 2.12. The van der Waals surface area contributed by atoms with Crippen molar-refractivity contribution in [1.82, 2.24) is 5.32 Å². The van der Waals surface area contributed by atoms with Gasteiger partial charge in [0, 0.05) is 6.42 Å². The second-order valence-electron chi connectivity index (χ2n) is 6.19. The highest BCUT2D eigenvalue weighted by Gasteiger charge is 2.28. The van der Waals surface area contributed by atoms with Gasteiger partial charge in [-0.05, 0) is 40.2 Å². The summed E-state index contributed by atoms with van der Waals surface area (Å²) < 4.78 is 5.03. The maximum Gasteiger partial charge on any atom is 0.335 e. The van der Waals surface area contributed by atoms with E-state index in [0.717, 1.165) is 0 Å².